The number of carbonyl (C=O) groups is 1. The van der Waals surface area contributed by atoms with Crippen molar-refractivity contribution in [1.82, 2.24) is 9.21 Å². The van der Waals surface area contributed by atoms with E-state index in [0.717, 1.165) is 6.54 Å². The topological polar surface area (TPSA) is 49.9 Å². The molecule has 1 amide bonds. The Bertz CT molecular complexity index is 459. The maximum absolute atomic E-state index is 12.4. The minimum absolute atomic E-state index is 0.109. The van der Waals surface area contributed by atoms with Crippen LogP contribution in [-0.2, 0) is 15.7 Å². The van der Waals surface area contributed by atoms with Gasteiger partial charge in [-0.15, -0.1) is 0 Å². The van der Waals surface area contributed by atoms with Crippen molar-refractivity contribution in [2.75, 3.05) is 19.6 Å². The summed E-state index contributed by atoms with van der Waals surface area (Å²) in [6, 6.07) is 0.247. The van der Waals surface area contributed by atoms with Gasteiger partial charge in [-0.25, -0.2) is 13.3 Å². The Morgan fingerprint density at radius 2 is 1.67 bits per heavy atom. The summed E-state index contributed by atoms with van der Waals surface area (Å²) in [7, 11) is -0.979. The second kappa shape index (κ2) is 4.95. The molecule has 0 N–H and O–H groups in total. The molecule has 6 heteroatoms. The molecule has 0 saturated carbocycles. The number of rotatable bonds is 1. The van der Waals surface area contributed by atoms with Crippen molar-refractivity contribution in [3.63, 3.8) is 0 Å². The van der Waals surface area contributed by atoms with Crippen molar-refractivity contribution in [2.45, 2.75) is 64.9 Å². The molecule has 2 fully saturated rings. The Morgan fingerprint density at radius 1 is 1.14 bits per heavy atom. The zero-order chi connectivity index (χ0) is 16.2. The fourth-order valence-corrected chi connectivity index (χ4v) is 4.45. The van der Waals surface area contributed by atoms with Crippen LogP contribution in [0.1, 0.15) is 48.5 Å². The molecular weight excluding hydrogens is 288 g/mol. The Balaban J connectivity index is 1.88. The van der Waals surface area contributed by atoms with Crippen molar-refractivity contribution in [3.8, 4) is 0 Å². The van der Waals surface area contributed by atoms with E-state index in [1.54, 1.807) is 4.90 Å². The van der Waals surface area contributed by atoms with E-state index in [1.165, 1.54) is 0 Å². The Labute approximate surface area is 130 Å². The lowest BCUT2D eigenvalue weighted by Crippen LogP contribution is -2.78. The summed E-state index contributed by atoms with van der Waals surface area (Å²) >= 11 is 0. The van der Waals surface area contributed by atoms with Crippen LogP contribution in [0.15, 0.2) is 0 Å². The zero-order valence-electron chi connectivity index (χ0n) is 14.2. The molecule has 2 atom stereocenters. The molecule has 122 valence electrons. The van der Waals surface area contributed by atoms with Crippen molar-refractivity contribution in [1.29, 1.82) is 0 Å². The third-order valence-corrected chi connectivity index (χ3v) is 6.11. The number of likely N-dealkylation sites (tertiary alicyclic amines) is 1. The maximum Gasteiger partial charge on any atom is 0.410 e. The highest BCUT2D eigenvalue weighted by Gasteiger charge is 2.61. The van der Waals surface area contributed by atoms with Gasteiger partial charge in [0.25, 0.3) is 0 Å². The van der Waals surface area contributed by atoms with Gasteiger partial charge in [-0.3, -0.25) is 0 Å². The highest BCUT2D eigenvalue weighted by Crippen LogP contribution is 2.47. The predicted octanol–water partition coefficient (Wildman–Crippen LogP) is 2.39. The normalized spacial score (nSPS) is 27.0. The third kappa shape index (κ3) is 3.11. The van der Waals surface area contributed by atoms with Gasteiger partial charge in [0, 0.05) is 31.1 Å². The largest absolute Gasteiger partial charge is 0.444 e. The van der Waals surface area contributed by atoms with Crippen molar-refractivity contribution in [3.05, 3.63) is 0 Å². The quantitative estimate of drug-likeness (QED) is 0.746. The molecule has 2 aliphatic heterocycles. The second-order valence-corrected chi connectivity index (χ2v) is 10.5. The van der Waals surface area contributed by atoms with E-state index in [0.29, 0.717) is 13.1 Å². The molecule has 2 saturated heterocycles. The number of ether oxygens (including phenoxy) is 1. The molecule has 5 nitrogen and oxygen atoms in total. The van der Waals surface area contributed by atoms with Crippen molar-refractivity contribution >= 4 is 17.1 Å². The maximum atomic E-state index is 12.4. The summed E-state index contributed by atoms with van der Waals surface area (Å²) < 4.78 is 19.6. The van der Waals surface area contributed by atoms with E-state index in [4.69, 9.17) is 4.74 Å². The van der Waals surface area contributed by atoms with Gasteiger partial charge in [0.15, 0.2) is 0 Å². The van der Waals surface area contributed by atoms with Gasteiger partial charge in [-0.2, -0.15) is 0 Å². The minimum Gasteiger partial charge on any atom is -0.444 e. The predicted molar refractivity (Wildman–Crippen MR) is 84.3 cm³/mol. The molecule has 2 heterocycles. The molecule has 21 heavy (non-hydrogen) atoms. The second-order valence-electron chi connectivity index (χ2n) is 8.31. The monoisotopic (exact) mass is 316 g/mol. The molecule has 0 aromatic rings. The van der Waals surface area contributed by atoms with E-state index in [1.807, 2.05) is 45.8 Å². The van der Waals surface area contributed by atoms with Gasteiger partial charge in [0.05, 0.1) is 15.7 Å². The lowest BCUT2D eigenvalue weighted by molar-refractivity contribution is -0.117. The van der Waals surface area contributed by atoms with Gasteiger partial charge in [0.1, 0.15) is 5.60 Å². The number of carbonyl (C=O) groups excluding carboxylic acids is 1. The summed E-state index contributed by atoms with van der Waals surface area (Å²) in [5.41, 5.74) is -0.345. The summed E-state index contributed by atoms with van der Waals surface area (Å²) in [6.45, 7) is 15.9. The molecule has 0 aromatic heterocycles. The van der Waals surface area contributed by atoms with Gasteiger partial charge >= 0.3 is 6.09 Å². The fraction of sp³-hybridized carbons (Fsp3) is 0.933. The first-order chi connectivity index (χ1) is 9.36. The first-order valence-corrected chi connectivity index (χ1v) is 8.63. The Morgan fingerprint density at radius 3 is 2.05 bits per heavy atom. The van der Waals surface area contributed by atoms with Gasteiger partial charge in [0.2, 0.25) is 0 Å². The average Bonchev–Trinajstić information content (AvgIpc) is 2.21. The minimum atomic E-state index is -0.979. The lowest BCUT2D eigenvalue weighted by Gasteiger charge is -2.64. The van der Waals surface area contributed by atoms with E-state index < -0.39 is 16.6 Å². The molecular formula is C15H28N2O3S. The smallest absolute Gasteiger partial charge is 0.410 e. The van der Waals surface area contributed by atoms with Crippen LogP contribution in [0.5, 0.6) is 0 Å². The van der Waals surface area contributed by atoms with Crippen LogP contribution in [0.4, 0.5) is 4.79 Å². The van der Waals surface area contributed by atoms with E-state index >= 15 is 0 Å². The zero-order valence-corrected chi connectivity index (χ0v) is 15.0. The van der Waals surface area contributed by atoms with Crippen LogP contribution in [0.3, 0.4) is 0 Å². The van der Waals surface area contributed by atoms with E-state index in [9.17, 15) is 9.00 Å². The summed E-state index contributed by atoms with van der Waals surface area (Å²) in [6.07, 6.45) is -0.240. The molecule has 2 aliphatic rings. The van der Waals surface area contributed by atoms with Crippen LogP contribution in [0, 0.1) is 5.41 Å². The third-order valence-electron chi connectivity index (χ3n) is 4.19. The lowest BCUT2D eigenvalue weighted by atomic mass is 9.68. The van der Waals surface area contributed by atoms with Crippen LogP contribution >= 0.6 is 0 Å². The molecule has 0 aromatic carbocycles. The number of hydrogen-bond acceptors (Lipinski definition) is 3. The molecule has 0 aliphatic carbocycles. The molecule has 0 bridgehead atoms. The van der Waals surface area contributed by atoms with Crippen LogP contribution in [0.25, 0.3) is 0 Å². The Kier molecular flexibility index (Phi) is 3.94. The number of hydrogen-bond donors (Lipinski definition) is 0. The SMILES string of the molecule is C[C@@H]1N([S@](=O)C(C)(C)C)CC12CN(C(=O)OC(C)(C)C)C2. The highest BCUT2D eigenvalue weighted by molar-refractivity contribution is 7.84. The molecule has 0 radical (unpaired) electrons. The first-order valence-electron chi connectivity index (χ1n) is 7.52. The van der Waals surface area contributed by atoms with Crippen LogP contribution in [-0.4, -0.2) is 55.5 Å². The van der Waals surface area contributed by atoms with Crippen LogP contribution in [0.2, 0.25) is 0 Å². The number of nitrogens with zero attached hydrogens (tertiary/aromatic N) is 2. The first kappa shape index (κ1) is 16.7. The molecule has 0 unspecified atom stereocenters. The summed E-state index contributed by atoms with van der Waals surface area (Å²) in [5.74, 6) is 0. The van der Waals surface area contributed by atoms with Gasteiger partial charge < -0.3 is 9.64 Å². The van der Waals surface area contributed by atoms with Gasteiger partial charge in [-0.05, 0) is 48.5 Å². The molecule has 1 spiro atoms. The Hall–Kier alpha value is -0.620. The van der Waals surface area contributed by atoms with Crippen molar-refractivity contribution < 1.29 is 13.7 Å². The van der Waals surface area contributed by atoms with E-state index in [-0.39, 0.29) is 22.3 Å². The number of amides is 1. The average molecular weight is 316 g/mol. The summed E-state index contributed by atoms with van der Waals surface area (Å²) in [4.78, 5) is 13.7. The highest BCUT2D eigenvalue weighted by atomic mass is 32.2. The van der Waals surface area contributed by atoms with Crippen LogP contribution < -0.4 is 0 Å². The van der Waals surface area contributed by atoms with Crippen molar-refractivity contribution in [2.24, 2.45) is 5.41 Å². The fourth-order valence-electron chi connectivity index (χ4n) is 2.86. The summed E-state index contributed by atoms with van der Waals surface area (Å²) in [5, 5.41) is 0. The van der Waals surface area contributed by atoms with E-state index in [2.05, 4.69) is 6.92 Å². The molecule has 2 rings (SSSR count). The standard InChI is InChI=1S/C15H28N2O3S/c1-11-15(10-17(11)21(19)14(5,6)7)8-16(9-15)12(18)20-13(2,3)4/h11H,8-10H2,1-7H3/t11-,21+/m0/s1. The van der Waals surface area contributed by atoms with Gasteiger partial charge in [-0.1, -0.05) is 0 Å².